The molecule has 0 amide bonds. The van der Waals surface area contributed by atoms with Crippen molar-refractivity contribution < 1.29 is 4.92 Å². The van der Waals surface area contributed by atoms with Gasteiger partial charge in [0.05, 0.1) is 21.3 Å². The first-order valence-corrected chi connectivity index (χ1v) is 8.58. The van der Waals surface area contributed by atoms with E-state index in [2.05, 4.69) is 20.2 Å². The largest absolute Gasteiger partial charge is 0.367 e. The number of nitrogens with zero attached hydrogens (tertiary/aromatic N) is 4. The van der Waals surface area contributed by atoms with Crippen LogP contribution in [0.4, 0.5) is 16.5 Å². The summed E-state index contributed by atoms with van der Waals surface area (Å²) in [6.45, 7) is 7.22. The molecule has 8 heteroatoms. The lowest BCUT2D eigenvalue weighted by atomic mass is 10.1. The third-order valence-electron chi connectivity index (χ3n) is 3.92. The third-order valence-corrected chi connectivity index (χ3v) is 5.23. The summed E-state index contributed by atoms with van der Waals surface area (Å²) in [6, 6.07) is 3.01. The molecule has 1 aromatic heterocycles. The van der Waals surface area contributed by atoms with E-state index in [9.17, 15) is 10.1 Å². The van der Waals surface area contributed by atoms with Gasteiger partial charge in [-0.1, -0.05) is 11.6 Å². The molecule has 6 nitrogen and oxygen atoms in total. The van der Waals surface area contributed by atoms with E-state index >= 15 is 0 Å². The Morgan fingerprint density at radius 3 is 2.39 bits per heavy atom. The van der Waals surface area contributed by atoms with Crippen LogP contribution in [0.25, 0.3) is 0 Å². The fraction of sp³-hybridized carbons (Fsp3) is 0.400. The lowest BCUT2D eigenvalue weighted by Gasteiger charge is -2.37. The minimum atomic E-state index is -0.411. The van der Waals surface area contributed by atoms with Gasteiger partial charge in [0, 0.05) is 43.7 Å². The molecule has 2 heterocycles. The van der Waals surface area contributed by atoms with Crippen LogP contribution in [0.3, 0.4) is 0 Å². The molecule has 3 rings (SSSR count). The van der Waals surface area contributed by atoms with Crippen LogP contribution in [0.1, 0.15) is 11.3 Å². The third kappa shape index (κ3) is 3.25. The lowest BCUT2D eigenvalue weighted by Crippen LogP contribution is -2.46. The Balaban J connectivity index is 1.76. The smallest absolute Gasteiger partial charge is 0.271 e. The van der Waals surface area contributed by atoms with Crippen LogP contribution in [0.2, 0.25) is 5.02 Å². The van der Waals surface area contributed by atoms with Crippen LogP contribution in [0.5, 0.6) is 0 Å². The molecule has 1 aliphatic rings. The lowest BCUT2D eigenvalue weighted by molar-refractivity contribution is -0.384. The Hall–Kier alpha value is -1.86. The predicted octanol–water partition coefficient (Wildman–Crippen LogP) is 3.65. The van der Waals surface area contributed by atoms with Gasteiger partial charge in [-0.15, -0.1) is 11.3 Å². The molecule has 0 atom stereocenters. The van der Waals surface area contributed by atoms with Gasteiger partial charge in [0.1, 0.15) is 0 Å². The number of aromatic nitrogens is 1. The Kier molecular flexibility index (Phi) is 4.41. The van der Waals surface area contributed by atoms with Crippen LogP contribution in [-0.2, 0) is 0 Å². The number of benzene rings is 1. The predicted molar refractivity (Wildman–Crippen MR) is 94.1 cm³/mol. The van der Waals surface area contributed by atoms with E-state index in [0.717, 1.165) is 48.3 Å². The van der Waals surface area contributed by atoms with E-state index in [-0.39, 0.29) is 5.69 Å². The highest BCUT2D eigenvalue weighted by atomic mass is 35.5. The van der Waals surface area contributed by atoms with Crippen molar-refractivity contribution >= 4 is 39.4 Å². The molecule has 2 aromatic rings. The van der Waals surface area contributed by atoms with Crippen molar-refractivity contribution in [2.24, 2.45) is 0 Å². The molecule has 0 spiro atoms. The summed E-state index contributed by atoms with van der Waals surface area (Å²) in [4.78, 5) is 19.5. The fourth-order valence-corrected chi connectivity index (χ4v) is 4.07. The van der Waals surface area contributed by atoms with Crippen molar-refractivity contribution in [3.05, 3.63) is 43.9 Å². The van der Waals surface area contributed by atoms with Crippen molar-refractivity contribution in [2.45, 2.75) is 13.8 Å². The average Bonchev–Trinajstić information content (AvgIpc) is 2.93. The van der Waals surface area contributed by atoms with Gasteiger partial charge in [-0.05, 0) is 19.4 Å². The number of nitro groups is 1. The summed E-state index contributed by atoms with van der Waals surface area (Å²) in [5, 5.41) is 14.5. The van der Waals surface area contributed by atoms with Crippen LogP contribution in [0.15, 0.2) is 17.5 Å². The number of rotatable bonds is 3. The monoisotopic (exact) mass is 352 g/mol. The molecule has 0 N–H and O–H groups in total. The normalized spacial score (nSPS) is 15.1. The number of halogens is 1. The van der Waals surface area contributed by atoms with E-state index in [1.54, 1.807) is 17.4 Å². The minimum Gasteiger partial charge on any atom is -0.367 e. The van der Waals surface area contributed by atoms with Gasteiger partial charge in [0.25, 0.3) is 5.69 Å². The number of hydrogen-bond acceptors (Lipinski definition) is 6. The summed E-state index contributed by atoms with van der Waals surface area (Å²) in [7, 11) is 0. The van der Waals surface area contributed by atoms with Crippen molar-refractivity contribution in [1.82, 2.24) is 4.98 Å². The molecule has 0 aliphatic carbocycles. The average molecular weight is 353 g/mol. The molecule has 23 heavy (non-hydrogen) atoms. The Morgan fingerprint density at radius 2 is 1.87 bits per heavy atom. The molecule has 1 fully saturated rings. The summed E-state index contributed by atoms with van der Waals surface area (Å²) in [5.41, 5.74) is 2.81. The first kappa shape index (κ1) is 16.0. The second kappa shape index (κ2) is 6.33. The zero-order chi connectivity index (χ0) is 16.6. The SMILES string of the molecule is Cc1csc(N2CCN(c3c(C)cc([N+](=O)[O-])cc3Cl)CC2)n1. The number of thiazole rings is 1. The van der Waals surface area contributed by atoms with Gasteiger partial charge >= 0.3 is 0 Å². The van der Waals surface area contributed by atoms with E-state index in [1.165, 1.54) is 6.07 Å². The summed E-state index contributed by atoms with van der Waals surface area (Å²) >= 11 is 7.96. The molecule has 1 aromatic carbocycles. The van der Waals surface area contributed by atoms with Gasteiger partial charge in [-0.3, -0.25) is 10.1 Å². The maximum Gasteiger partial charge on any atom is 0.271 e. The highest BCUT2D eigenvalue weighted by Crippen LogP contribution is 2.34. The molecule has 0 saturated carbocycles. The van der Waals surface area contributed by atoms with Crippen molar-refractivity contribution in [1.29, 1.82) is 0 Å². The maximum atomic E-state index is 10.9. The molecule has 122 valence electrons. The topological polar surface area (TPSA) is 62.5 Å². The summed E-state index contributed by atoms with van der Waals surface area (Å²) in [5.74, 6) is 0. The highest BCUT2D eigenvalue weighted by Gasteiger charge is 2.23. The van der Waals surface area contributed by atoms with Gasteiger partial charge in [-0.25, -0.2) is 4.98 Å². The summed E-state index contributed by atoms with van der Waals surface area (Å²) in [6.07, 6.45) is 0. The molecular formula is C15H17ClN4O2S. The molecule has 0 unspecified atom stereocenters. The number of nitro benzene ring substituents is 1. The van der Waals surface area contributed by atoms with Crippen LogP contribution >= 0.6 is 22.9 Å². The molecule has 0 bridgehead atoms. The van der Waals surface area contributed by atoms with Crippen LogP contribution in [-0.4, -0.2) is 36.1 Å². The minimum absolute atomic E-state index is 0.0353. The van der Waals surface area contributed by atoms with Gasteiger partial charge in [0.15, 0.2) is 5.13 Å². The van der Waals surface area contributed by atoms with Crippen LogP contribution in [0, 0.1) is 24.0 Å². The number of anilines is 2. The molecule has 1 aliphatic heterocycles. The Labute approximate surface area is 143 Å². The Morgan fingerprint density at radius 1 is 1.22 bits per heavy atom. The van der Waals surface area contributed by atoms with Gasteiger partial charge in [0.2, 0.25) is 0 Å². The summed E-state index contributed by atoms with van der Waals surface area (Å²) < 4.78 is 0. The maximum absolute atomic E-state index is 10.9. The number of hydrogen-bond donors (Lipinski definition) is 0. The quantitative estimate of drug-likeness (QED) is 0.623. The Bertz CT molecular complexity index is 718. The molecular weight excluding hydrogens is 336 g/mol. The highest BCUT2D eigenvalue weighted by molar-refractivity contribution is 7.13. The van der Waals surface area contributed by atoms with Gasteiger partial charge in [-0.2, -0.15) is 0 Å². The first-order chi connectivity index (χ1) is 11.0. The van der Waals surface area contributed by atoms with E-state index in [4.69, 9.17) is 11.6 Å². The van der Waals surface area contributed by atoms with Gasteiger partial charge < -0.3 is 9.80 Å². The van der Waals surface area contributed by atoms with Crippen LogP contribution < -0.4 is 9.80 Å². The standard InChI is InChI=1S/C15H17ClN4O2S/c1-10-7-12(20(21)22)8-13(16)14(10)18-3-5-19(6-4-18)15-17-11(2)9-23-15/h7-9H,3-6H2,1-2H3. The second-order valence-electron chi connectivity index (χ2n) is 5.60. The number of aryl methyl sites for hydroxylation is 2. The fourth-order valence-electron chi connectivity index (χ4n) is 2.83. The van der Waals surface area contributed by atoms with Crippen molar-refractivity contribution in [3.8, 4) is 0 Å². The van der Waals surface area contributed by atoms with E-state index in [1.807, 2.05) is 13.8 Å². The molecule has 1 saturated heterocycles. The number of non-ortho nitro benzene ring substituents is 1. The number of piperazine rings is 1. The van der Waals surface area contributed by atoms with E-state index < -0.39 is 4.92 Å². The zero-order valence-electron chi connectivity index (χ0n) is 13.0. The first-order valence-electron chi connectivity index (χ1n) is 7.32. The molecule has 0 radical (unpaired) electrons. The van der Waals surface area contributed by atoms with Crippen molar-refractivity contribution in [2.75, 3.05) is 36.0 Å². The van der Waals surface area contributed by atoms with Crippen molar-refractivity contribution in [3.63, 3.8) is 0 Å². The second-order valence-corrected chi connectivity index (χ2v) is 6.84. The zero-order valence-corrected chi connectivity index (χ0v) is 14.5. The van der Waals surface area contributed by atoms with E-state index in [0.29, 0.717) is 5.02 Å².